The summed E-state index contributed by atoms with van der Waals surface area (Å²) in [5, 5.41) is 5.70. The van der Waals surface area contributed by atoms with Crippen LogP contribution in [0.25, 0.3) is 10.2 Å². The van der Waals surface area contributed by atoms with Crippen LogP contribution >= 0.6 is 22.7 Å². The lowest BCUT2D eigenvalue weighted by Gasteiger charge is -2.30. The number of fused-ring (bicyclic) bond motifs is 1. The van der Waals surface area contributed by atoms with Crippen LogP contribution in [0.3, 0.4) is 0 Å². The highest BCUT2D eigenvalue weighted by Gasteiger charge is 2.33. The minimum Gasteiger partial charge on any atom is -0.378 e. The van der Waals surface area contributed by atoms with Gasteiger partial charge in [-0.1, -0.05) is 17.4 Å². The van der Waals surface area contributed by atoms with Gasteiger partial charge in [0.25, 0.3) is 10.0 Å². The van der Waals surface area contributed by atoms with Gasteiger partial charge in [0.15, 0.2) is 5.13 Å². The van der Waals surface area contributed by atoms with Crippen molar-refractivity contribution in [2.24, 2.45) is 5.92 Å². The number of aromatic nitrogens is 1. The molecular weight excluding hydrogens is 468 g/mol. The van der Waals surface area contributed by atoms with Gasteiger partial charge in [-0.3, -0.25) is 4.79 Å². The summed E-state index contributed by atoms with van der Waals surface area (Å²) < 4.78 is 33.9. The maximum absolute atomic E-state index is 13.0. The Hall–Kier alpha value is -2.05. The van der Waals surface area contributed by atoms with Gasteiger partial charge < -0.3 is 15.0 Å². The van der Waals surface area contributed by atoms with Crippen molar-refractivity contribution in [3.8, 4) is 0 Å². The minimum absolute atomic E-state index is 0.145. The number of carbonyl (C=O) groups is 1. The molecule has 2 saturated heterocycles. The summed E-state index contributed by atoms with van der Waals surface area (Å²) in [5.74, 6) is -0.520. The highest BCUT2D eigenvalue weighted by Crippen LogP contribution is 2.32. The zero-order chi connectivity index (χ0) is 22.1. The van der Waals surface area contributed by atoms with Gasteiger partial charge in [-0.05, 0) is 42.5 Å². The number of benzene rings is 1. The van der Waals surface area contributed by atoms with Crippen LogP contribution in [-0.2, 0) is 19.6 Å². The van der Waals surface area contributed by atoms with Crippen LogP contribution < -0.4 is 10.2 Å². The lowest BCUT2D eigenvalue weighted by atomic mass is 9.99. The molecule has 3 aromatic rings. The Morgan fingerprint density at radius 2 is 2.03 bits per heavy atom. The number of piperidine rings is 1. The number of carbonyl (C=O) groups excluding carboxylic acids is 1. The molecule has 2 aromatic heterocycles. The largest absolute Gasteiger partial charge is 0.378 e. The zero-order valence-electron chi connectivity index (χ0n) is 17.4. The number of hydrogen-bond donors (Lipinski definition) is 1. The average Bonchev–Trinajstić information content (AvgIpc) is 3.50. The van der Waals surface area contributed by atoms with E-state index >= 15 is 0 Å². The minimum atomic E-state index is -3.54. The van der Waals surface area contributed by atoms with E-state index in [0.29, 0.717) is 42.5 Å². The standard InChI is InChI=1S/C21H24N4O4S3/c26-20(15-3-1-7-25(14-15)32(27,28)19-4-2-12-30-19)22-16-5-6-17-18(13-16)31-21(23-17)24-8-10-29-11-9-24/h2,4-6,12-13,15H,1,3,7-11,14H2,(H,22,26)/t15-/m1/s1. The van der Waals surface area contributed by atoms with Crippen molar-refractivity contribution in [1.82, 2.24) is 9.29 Å². The highest BCUT2D eigenvalue weighted by molar-refractivity contribution is 7.91. The average molecular weight is 493 g/mol. The SMILES string of the molecule is O=C(Nc1ccc2nc(N3CCOCC3)sc2c1)[C@@H]1CCCN(S(=O)(=O)c2cccs2)C1. The van der Waals surface area contributed by atoms with Crippen molar-refractivity contribution in [3.05, 3.63) is 35.7 Å². The fraction of sp³-hybridized carbons (Fsp3) is 0.429. The van der Waals surface area contributed by atoms with Gasteiger partial charge in [0.05, 0.1) is 29.3 Å². The molecule has 0 saturated carbocycles. The molecule has 0 bridgehead atoms. The molecule has 8 nitrogen and oxygen atoms in total. The summed E-state index contributed by atoms with van der Waals surface area (Å²) in [7, 11) is -3.54. The first-order chi connectivity index (χ1) is 15.5. The van der Waals surface area contributed by atoms with Crippen LogP contribution in [0.15, 0.2) is 39.9 Å². The number of hydrogen-bond acceptors (Lipinski definition) is 8. The van der Waals surface area contributed by atoms with E-state index in [0.717, 1.165) is 28.4 Å². The summed E-state index contributed by atoms with van der Waals surface area (Å²) in [6.45, 7) is 3.72. The molecule has 4 heterocycles. The molecule has 2 aliphatic heterocycles. The maximum atomic E-state index is 13.0. The molecule has 11 heteroatoms. The van der Waals surface area contributed by atoms with E-state index in [4.69, 9.17) is 9.72 Å². The molecule has 32 heavy (non-hydrogen) atoms. The number of nitrogens with one attached hydrogen (secondary N) is 1. The van der Waals surface area contributed by atoms with Crippen LogP contribution in [-0.4, -0.2) is 63.0 Å². The van der Waals surface area contributed by atoms with Crippen molar-refractivity contribution >= 4 is 59.6 Å². The Morgan fingerprint density at radius 3 is 2.81 bits per heavy atom. The number of thiazole rings is 1. The smallest absolute Gasteiger partial charge is 0.252 e. The number of amides is 1. The quantitative estimate of drug-likeness (QED) is 0.588. The molecule has 0 radical (unpaired) electrons. The van der Waals surface area contributed by atoms with Gasteiger partial charge in [-0.25, -0.2) is 13.4 Å². The summed E-state index contributed by atoms with van der Waals surface area (Å²) in [6.07, 6.45) is 1.34. The van der Waals surface area contributed by atoms with Crippen LogP contribution in [0.4, 0.5) is 10.8 Å². The second-order valence-corrected chi connectivity index (χ2v) is 12.0. The van der Waals surface area contributed by atoms with Gasteiger partial charge in [-0.15, -0.1) is 11.3 Å². The number of ether oxygens (including phenoxy) is 1. The fourth-order valence-electron chi connectivity index (χ4n) is 4.04. The lowest BCUT2D eigenvalue weighted by Crippen LogP contribution is -2.43. The Bertz CT molecular complexity index is 1200. The van der Waals surface area contributed by atoms with Crippen molar-refractivity contribution in [3.63, 3.8) is 0 Å². The topological polar surface area (TPSA) is 91.8 Å². The zero-order valence-corrected chi connectivity index (χ0v) is 19.8. The Balaban J connectivity index is 1.27. The van der Waals surface area contributed by atoms with Crippen molar-refractivity contribution in [2.45, 2.75) is 17.1 Å². The van der Waals surface area contributed by atoms with E-state index in [1.54, 1.807) is 28.8 Å². The molecule has 1 atom stereocenters. The molecule has 5 rings (SSSR count). The predicted molar refractivity (Wildman–Crippen MR) is 127 cm³/mol. The van der Waals surface area contributed by atoms with Crippen LogP contribution in [0.2, 0.25) is 0 Å². The van der Waals surface area contributed by atoms with E-state index in [-0.39, 0.29) is 18.4 Å². The Morgan fingerprint density at radius 1 is 1.19 bits per heavy atom. The molecule has 0 unspecified atom stereocenters. The number of anilines is 2. The molecule has 1 aromatic carbocycles. The maximum Gasteiger partial charge on any atom is 0.252 e. The second kappa shape index (κ2) is 9.06. The fourth-order valence-corrected chi connectivity index (χ4v) is 7.76. The molecule has 0 spiro atoms. The van der Waals surface area contributed by atoms with Crippen LogP contribution in [0, 0.1) is 5.92 Å². The van der Waals surface area contributed by atoms with Gasteiger partial charge in [0, 0.05) is 31.9 Å². The first kappa shape index (κ1) is 21.8. The van der Waals surface area contributed by atoms with E-state index in [2.05, 4.69) is 10.2 Å². The number of morpholine rings is 1. The lowest BCUT2D eigenvalue weighted by molar-refractivity contribution is -0.120. The Labute approximate surface area is 194 Å². The monoisotopic (exact) mass is 492 g/mol. The van der Waals surface area contributed by atoms with Crippen molar-refractivity contribution in [1.29, 1.82) is 0 Å². The third-order valence-electron chi connectivity index (χ3n) is 5.77. The predicted octanol–water partition coefficient (Wildman–Crippen LogP) is 3.23. The first-order valence-electron chi connectivity index (χ1n) is 10.6. The van der Waals surface area contributed by atoms with E-state index in [9.17, 15) is 13.2 Å². The summed E-state index contributed by atoms with van der Waals surface area (Å²) in [5.41, 5.74) is 1.61. The first-order valence-corrected chi connectivity index (χ1v) is 13.7. The molecule has 170 valence electrons. The van der Waals surface area contributed by atoms with E-state index in [1.807, 2.05) is 18.2 Å². The molecule has 2 aliphatic rings. The molecule has 0 aliphatic carbocycles. The Kier molecular flexibility index (Phi) is 6.17. The van der Waals surface area contributed by atoms with E-state index < -0.39 is 10.0 Å². The third-order valence-corrected chi connectivity index (χ3v) is 10.1. The summed E-state index contributed by atoms with van der Waals surface area (Å²) in [4.78, 5) is 19.9. The molecule has 1 N–H and O–H groups in total. The van der Waals surface area contributed by atoms with Crippen molar-refractivity contribution in [2.75, 3.05) is 49.6 Å². The molecule has 1 amide bonds. The summed E-state index contributed by atoms with van der Waals surface area (Å²) in [6, 6.07) is 9.05. The second-order valence-electron chi connectivity index (χ2n) is 7.90. The number of rotatable bonds is 5. The normalized spacial score (nSPS) is 20.5. The highest BCUT2D eigenvalue weighted by atomic mass is 32.2. The number of sulfonamides is 1. The summed E-state index contributed by atoms with van der Waals surface area (Å²) >= 11 is 2.81. The number of thiophene rings is 1. The van der Waals surface area contributed by atoms with E-state index in [1.165, 1.54) is 15.6 Å². The van der Waals surface area contributed by atoms with Crippen LogP contribution in [0.1, 0.15) is 12.8 Å². The third kappa shape index (κ3) is 4.40. The van der Waals surface area contributed by atoms with Crippen LogP contribution in [0.5, 0.6) is 0 Å². The van der Waals surface area contributed by atoms with Crippen molar-refractivity contribution < 1.29 is 17.9 Å². The molecular formula is C21H24N4O4S3. The number of nitrogens with zero attached hydrogens (tertiary/aromatic N) is 3. The van der Waals surface area contributed by atoms with Gasteiger partial charge in [0.1, 0.15) is 4.21 Å². The molecule has 2 fully saturated rings. The van der Waals surface area contributed by atoms with Gasteiger partial charge in [-0.2, -0.15) is 4.31 Å². The van der Waals surface area contributed by atoms with Gasteiger partial charge in [0.2, 0.25) is 5.91 Å². The van der Waals surface area contributed by atoms with Gasteiger partial charge >= 0.3 is 0 Å².